The SMILES string of the molecule is CCOC(=O)c1cc2cccc(C)c2c(=O)n1-c1ccccc1. The van der Waals surface area contributed by atoms with Gasteiger partial charge in [-0.3, -0.25) is 9.36 Å². The van der Waals surface area contributed by atoms with Crippen LogP contribution in [0.4, 0.5) is 0 Å². The molecule has 0 aliphatic rings. The Labute approximate surface area is 133 Å². The summed E-state index contributed by atoms with van der Waals surface area (Å²) in [7, 11) is 0. The van der Waals surface area contributed by atoms with Crippen molar-refractivity contribution in [2.45, 2.75) is 13.8 Å². The summed E-state index contributed by atoms with van der Waals surface area (Å²) in [5.41, 5.74) is 1.55. The molecule has 2 aromatic carbocycles. The molecule has 0 fully saturated rings. The van der Waals surface area contributed by atoms with Gasteiger partial charge in [-0.25, -0.2) is 4.79 Å². The zero-order valence-electron chi connectivity index (χ0n) is 13.1. The van der Waals surface area contributed by atoms with Crippen LogP contribution in [0.25, 0.3) is 16.5 Å². The molecular formula is C19H17NO3. The fourth-order valence-corrected chi connectivity index (χ4v) is 2.72. The van der Waals surface area contributed by atoms with Gasteiger partial charge in [-0.15, -0.1) is 0 Å². The first-order valence-electron chi connectivity index (χ1n) is 7.51. The number of para-hydroxylation sites is 1. The number of aromatic nitrogens is 1. The molecule has 0 aliphatic heterocycles. The first kappa shape index (κ1) is 15.0. The van der Waals surface area contributed by atoms with Crippen molar-refractivity contribution in [3.8, 4) is 5.69 Å². The third-order valence-corrected chi connectivity index (χ3v) is 3.75. The van der Waals surface area contributed by atoms with Gasteiger partial charge < -0.3 is 4.74 Å². The molecule has 1 heterocycles. The fraction of sp³-hybridized carbons (Fsp3) is 0.158. The van der Waals surface area contributed by atoms with Crippen LogP contribution in [0.2, 0.25) is 0 Å². The van der Waals surface area contributed by atoms with Gasteiger partial charge in [0.1, 0.15) is 5.69 Å². The van der Waals surface area contributed by atoms with Crippen molar-refractivity contribution in [3.63, 3.8) is 0 Å². The average molecular weight is 307 g/mol. The van der Waals surface area contributed by atoms with E-state index in [1.54, 1.807) is 25.1 Å². The van der Waals surface area contributed by atoms with Crippen LogP contribution < -0.4 is 5.56 Å². The summed E-state index contributed by atoms with van der Waals surface area (Å²) >= 11 is 0. The van der Waals surface area contributed by atoms with E-state index >= 15 is 0 Å². The molecule has 0 N–H and O–H groups in total. The van der Waals surface area contributed by atoms with Gasteiger partial charge in [0, 0.05) is 5.69 Å². The van der Waals surface area contributed by atoms with E-state index in [1.165, 1.54) is 4.57 Å². The highest BCUT2D eigenvalue weighted by Gasteiger charge is 2.18. The third-order valence-electron chi connectivity index (χ3n) is 3.75. The Balaban J connectivity index is 2.41. The van der Waals surface area contributed by atoms with E-state index in [-0.39, 0.29) is 17.9 Å². The Morgan fingerprint density at radius 3 is 2.52 bits per heavy atom. The molecule has 3 aromatic rings. The first-order valence-corrected chi connectivity index (χ1v) is 7.51. The Kier molecular flexibility index (Phi) is 3.98. The van der Waals surface area contributed by atoms with Gasteiger partial charge in [0.2, 0.25) is 0 Å². The van der Waals surface area contributed by atoms with Crippen LogP contribution in [0, 0.1) is 6.92 Å². The largest absolute Gasteiger partial charge is 0.461 e. The Hall–Kier alpha value is -2.88. The smallest absolute Gasteiger partial charge is 0.355 e. The number of nitrogens with zero attached hydrogens (tertiary/aromatic N) is 1. The van der Waals surface area contributed by atoms with Crippen LogP contribution in [0.1, 0.15) is 23.0 Å². The number of fused-ring (bicyclic) bond motifs is 1. The molecular weight excluding hydrogens is 290 g/mol. The highest BCUT2D eigenvalue weighted by atomic mass is 16.5. The maximum atomic E-state index is 13.0. The molecule has 0 atom stereocenters. The molecule has 4 nitrogen and oxygen atoms in total. The summed E-state index contributed by atoms with van der Waals surface area (Å²) in [5, 5.41) is 1.36. The van der Waals surface area contributed by atoms with Crippen molar-refractivity contribution in [2.24, 2.45) is 0 Å². The molecule has 1 aromatic heterocycles. The van der Waals surface area contributed by atoms with E-state index in [2.05, 4.69) is 0 Å². The average Bonchev–Trinajstić information content (AvgIpc) is 2.55. The number of carbonyl (C=O) groups excluding carboxylic acids is 1. The predicted octanol–water partition coefficient (Wildman–Crippen LogP) is 3.48. The van der Waals surface area contributed by atoms with Crippen molar-refractivity contribution in [1.29, 1.82) is 0 Å². The molecule has 0 radical (unpaired) electrons. The van der Waals surface area contributed by atoms with Gasteiger partial charge in [0.25, 0.3) is 5.56 Å². The molecule has 0 amide bonds. The van der Waals surface area contributed by atoms with Crippen molar-refractivity contribution >= 4 is 16.7 Å². The predicted molar refractivity (Wildman–Crippen MR) is 90.2 cm³/mol. The second-order valence-electron chi connectivity index (χ2n) is 5.27. The van der Waals surface area contributed by atoms with E-state index in [9.17, 15) is 9.59 Å². The quantitative estimate of drug-likeness (QED) is 0.696. The summed E-state index contributed by atoms with van der Waals surface area (Å²) < 4.78 is 6.55. The lowest BCUT2D eigenvalue weighted by Gasteiger charge is -2.14. The lowest BCUT2D eigenvalue weighted by molar-refractivity contribution is 0.0516. The number of hydrogen-bond donors (Lipinski definition) is 0. The maximum absolute atomic E-state index is 13.0. The molecule has 23 heavy (non-hydrogen) atoms. The number of ether oxygens (including phenoxy) is 1. The van der Waals surface area contributed by atoms with Crippen LogP contribution in [0.3, 0.4) is 0 Å². The van der Waals surface area contributed by atoms with Crippen LogP contribution in [-0.2, 0) is 4.74 Å². The highest BCUT2D eigenvalue weighted by Crippen LogP contribution is 2.19. The summed E-state index contributed by atoms with van der Waals surface area (Å²) in [6, 6.07) is 16.4. The van der Waals surface area contributed by atoms with Gasteiger partial charge in [0.15, 0.2) is 0 Å². The molecule has 0 spiro atoms. The number of hydrogen-bond acceptors (Lipinski definition) is 3. The number of pyridine rings is 1. The standard InChI is InChI=1S/C19H17NO3/c1-3-23-19(22)16-12-14-9-7-8-13(2)17(14)18(21)20(16)15-10-5-4-6-11-15/h4-12H,3H2,1-2H3. The number of rotatable bonds is 3. The van der Waals surface area contributed by atoms with Crippen LogP contribution >= 0.6 is 0 Å². The van der Waals surface area contributed by atoms with Gasteiger partial charge in [-0.1, -0.05) is 36.4 Å². The van der Waals surface area contributed by atoms with Gasteiger partial charge in [-0.2, -0.15) is 0 Å². The molecule has 0 unspecified atom stereocenters. The summed E-state index contributed by atoms with van der Waals surface area (Å²) in [6.45, 7) is 3.89. The van der Waals surface area contributed by atoms with E-state index < -0.39 is 5.97 Å². The first-order chi connectivity index (χ1) is 11.1. The number of aryl methyl sites for hydroxylation is 1. The minimum absolute atomic E-state index is 0.213. The lowest BCUT2D eigenvalue weighted by atomic mass is 10.1. The summed E-state index contributed by atoms with van der Waals surface area (Å²) in [6.07, 6.45) is 0. The molecule has 116 valence electrons. The minimum atomic E-state index is -0.503. The molecule has 3 rings (SSSR count). The number of esters is 1. The second-order valence-corrected chi connectivity index (χ2v) is 5.27. The van der Waals surface area contributed by atoms with E-state index in [0.717, 1.165) is 10.9 Å². The van der Waals surface area contributed by atoms with Crippen LogP contribution in [0.5, 0.6) is 0 Å². The van der Waals surface area contributed by atoms with Crippen LogP contribution in [0.15, 0.2) is 59.4 Å². The fourth-order valence-electron chi connectivity index (χ4n) is 2.72. The van der Waals surface area contributed by atoms with E-state index in [1.807, 2.05) is 43.3 Å². The highest BCUT2D eigenvalue weighted by molar-refractivity contribution is 5.95. The molecule has 4 heteroatoms. The van der Waals surface area contributed by atoms with Gasteiger partial charge in [0.05, 0.1) is 12.0 Å². The molecule has 0 aliphatic carbocycles. The monoisotopic (exact) mass is 307 g/mol. The number of benzene rings is 2. The topological polar surface area (TPSA) is 48.3 Å². The Morgan fingerprint density at radius 1 is 1.09 bits per heavy atom. The van der Waals surface area contributed by atoms with Crippen molar-refractivity contribution in [3.05, 3.63) is 76.2 Å². The Bertz CT molecular complexity index is 926. The molecule has 0 saturated heterocycles. The normalized spacial score (nSPS) is 10.7. The number of carbonyl (C=O) groups is 1. The second kappa shape index (κ2) is 6.08. The van der Waals surface area contributed by atoms with E-state index in [4.69, 9.17) is 4.74 Å². The van der Waals surface area contributed by atoms with E-state index in [0.29, 0.717) is 11.1 Å². The van der Waals surface area contributed by atoms with Crippen molar-refractivity contribution < 1.29 is 9.53 Å². The lowest BCUT2D eigenvalue weighted by Crippen LogP contribution is -2.26. The van der Waals surface area contributed by atoms with Crippen molar-refractivity contribution in [1.82, 2.24) is 4.57 Å². The molecule has 0 bridgehead atoms. The van der Waals surface area contributed by atoms with Crippen LogP contribution in [-0.4, -0.2) is 17.1 Å². The summed E-state index contributed by atoms with van der Waals surface area (Å²) in [5.74, 6) is -0.503. The zero-order valence-corrected chi connectivity index (χ0v) is 13.1. The van der Waals surface area contributed by atoms with Gasteiger partial charge in [-0.05, 0) is 43.0 Å². The zero-order chi connectivity index (χ0) is 16.4. The Morgan fingerprint density at radius 2 is 1.83 bits per heavy atom. The third kappa shape index (κ3) is 2.63. The summed E-state index contributed by atoms with van der Waals surface area (Å²) in [4.78, 5) is 25.4. The minimum Gasteiger partial charge on any atom is -0.461 e. The van der Waals surface area contributed by atoms with Crippen molar-refractivity contribution in [2.75, 3.05) is 6.61 Å². The maximum Gasteiger partial charge on any atom is 0.355 e. The van der Waals surface area contributed by atoms with Gasteiger partial charge >= 0.3 is 5.97 Å². The molecule has 0 saturated carbocycles.